The minimum Gasteiger partial charge on any atom is -0.432 e. The van der Waals surface area contributed by atoms with Gasteiger partial charge in [-0.2, -0.15) is 14.0 Å². The van der Waals surface area contributed by atoms with Crippen molar-refractivity contribution in [1.29, 1.82) is 5.26 Å². The van der Waals surface area contributed by atoms with Gasteiger partial charge >= 0.3 is 19.4 Å². The van der Waals surface area contributed by atoms with Gasteiger partial charge < -0.3 is 39.0 Å². The number of nitriles is 1. The number of nitrogens with one attached hydrogen (secondary N) is 2. The van der Waals surface area contributed by atoms with E-state index in [9.17, 15) is 43.4 Å². The van der Waals surface area contributed by atoms with Crippen LogP contribution in [0.25, 0.3) is 10.8 Å². The van der Waals surface area contributed by atoms with Crippen molar-refractivity contribution in [3.8, 4) is 6.07 Å². The number of ether oxygens (including phenoxy) is 2. The number of nitrogens with zero attached hydrogens (tertiary/aromatic N) is 4. The zero-order valence-electron chi connectivity index (χ0n) is 37.4. The molecule has 3 aliphatic heterocycles. The number of likely N-dealkylation sites (tertiary alicyclic amines) is 1. The average Bonchev–Trinajstić information content (AvgIpc) is 3.92. The Morgan fingerprint density at radius 1 is 0.985 bits per heavy atom. The summed E-state index contributed by atoms with van der Waals surface area (Å²) >= 11 is 0.810. The molecule has 67 heavy (non-hydrogen) atoms. The molecule has 4 heterocycles. The number of alkyl halides is 2. The first-order valence-electron chi connectivity index (χ1n) is 21.9. The summed E-state index contributed by atoms with van der Waals surface area (Å²) in [5.41, 5.74) is -5.00. The Hall–Kier alpha value is -5.68. The molecule has 6 rings (SSSR count). The Morgan fingerprint density at radius 3 is 2.45 bits per heavy atom. The summed E-state index contributed by atoms with van der Waals surface area (Å²) in [7, 11) is -5.52. The maximum atomic E-state index is 16.4. The smallest absolute Gasteiger partial charge is 0.432 e. The minimum absolute atomic E-state index is 0.0604. The van der Waals surface area contributed by atoms with Gasteiger partial charge in [0.2, 0.25) is 30.1 Å². The number of carbonyl (C=O) groups excluding carboxylic acids is 6. The first-order chi connectivity index (χ1) is 31.8. The maximum Gasteiger partial charge on any atom is 0.510 e. The minimum atomic E-state index is -5.52. The van der Waals surface area contributed by atoms with Gasteiger partial charge in [0.15, 0.2) is 5.12 Å². The third kappa shape index (κ3) is 11.9. The second-order valence-corrected chi connectivity index (χ2v) is 20.0. The van der Waals surface area contributed by atoms with Crippen LogP contribution >= 0.6 is 19.4 Å². The molecule has 2 unspecified atom stereocenters. The van der Waals surface area contributed by atoms with E-state index >= 15 is 8.78 Å². The van der Waals surface area contributed by atoms with Gasteiger partial charge in [0.05, 0.1) is 24.7 Å². The molecule has 0 spiro atoms. The third-order valence-electron chi connectivity index (χ3n) is 11.8. The Labute approximate surface area is 389 Å². The molecule has 2 aromatic carbocycles. The lowest BCUT2D eigenvalue weighted by atomic mass is 9.91. The molecular formula is C45H53F2N6O12PS. The van der Waals surface area contributed by atoms with Gasteiger partial charge in [-0.05, 0) is 80.1 Å². The van der Waals surface area contributed by atoms with E-state index in [4.69, 9.17) is 18.5 Å². The largest absolute Gasteiger partial charge is 0.510 e. The predicted molar refractivity (Wildman–Crippen MR) is 240 cm³/mol. The summed E-state index contributed by atoms with van der Waals surface area (Å²) in [5.74, 6) is -3.27. The van der Waals surface area contributed by atoms with Crippen molar-refractivity contribution in [2.75, 3.05) is 45.3 Å². The monoisotopic (exact) mass is 970 g/mol. The Balaban J connectivity index is 1.22. The fraction of sp³-hybridized carbons (Fsp3) is 0.511. The first kappa shape index (κ1) is 50.7. The molecule has 0 aliphatic carbocycles. The molecular weight excluding hydrogens is 918 g/mol. The number of aromatic nitrogens is 1. The molecule has 3 aliphatic rings. The summed E-state index contributed by atoms with van der Waals surface area (Å²) in [6, 6.07) is 10.1. The molecule has 4 amide bonds. The number of carbonyl (C=O) groups is 6. The van der Waals surface area contributed by atoms with Gasteiger partial charge in [0.25, 0.3) is 5.91 Å². The van der Waals surface area contributed by atoms with Crippen LogP contribution in [-0.2, 0) is 47.9 Å². The molecule has 2 N–H and O–H groups in total. The molecule has 0 bridgehead atoms. The van der Waals surface area contributed by atoms with Crippen LogP contribution in [-0.4, -0.2) is 124 Å². The summed E-state index contributed by atoms with van der Waals surface area (Å²) in [6.45, 7) is 4.62. The van der Waals surface area contributed by atoms with E-state index in [1.54, 1.807) is 13.0 Å². The van der Waals surface area contributed by atoms with E-state index < -0.39 is 86.3 Å². The first-order valence-corrected chi connectivity index (χ1v) is 24.4. The molecule has 3 saturated heterocycles. The predicted octanol–water partition coefficient (Wildman–Crippen LogP) is 5.86. The second-order valence-electron chi connectivity index (χ2n) is 16.8. The zero-order valence-corrected chi connectivity index (χ0v) is 39.2. The van der Waals surface area contributed by atoms with Crippen LogP contribution in [0.1, 0.15) is 87.2 Å². The van der Waals surface area contributed by atoms with E-state index in [-0.39, 0.29) is 71.8 Å². The number of fused-ring (bicyclic) bond motifs is 2. The lowest BCUT2D eigenvalue weighted by molar-refractivity contribution is -0.148. The Bertz CT molecular complexity index is 2520. The van der Waals surface area contributed by atoms with Crippen LogP contribution in [0, 0.1) is 17.2 Å². The SMILES string of the molecule is CCCC(=O)SCCOP(=O)(OCOC(=O)OC(C)C)C(F)(F)c1ccc2ccc(C(=O)NC3CN(C(C)=O)CC[C@H]4CC[C@@H](C(=O)N5C[C@H](c6cc[nH]c(=O)c6)[C@@H](C#N)C5)N4C3=O)cc2c1. The van der Waals surface area contributed by atoms with Gasteiger partial charge in [-0.25, -0.2) is 4.79 Å². The molecule has 18 nitrogen and oxygen atoms in total. The van der Waals surface area contributed by atoms with Crippen molar-refractivity contribution in [3.63, 3.8) is 0 Å². The van der Waals surface area contributed by atoms with E-state index in [0.717, 1.165) is 23.9 Å². The number of thioether (sulfide) groups is 1. The quantitative estimate of drug-likeness (QED) is 0.0741. The van der Waals surface area contributed by atoms with E-state index in [2.05, 4.69) is 16.4 Å². The number of pyridine rings is 1. The van der Waals surface area contributed by atoms with Crippen molar-refractivity contribution >= 4 is 65.0 Å². The number of H-pyrrole nitrogens is 1. The molecule has 0 saturated carbocycles. The van der Waals surface area contributed by atoms with Gasteiger partial charge in [-0.15, -0.1) is 0 Å². The highest BCUT2D eigenvalue weighted by atomic mass is 32.2. The van der Waals surface area contributed by atoms with Gasteiger partial charge in [-0.1, -0.05) is 36.9 Å². The van der Waals surface area contributed by atoms with Gasteiger partial charge in [0, 0.05) is 80.6 Å². The zero-order chi connectivity index (χ0) is 48.6. The van der Waals surface area contributed by atoms with Gasteiger partial charge in [-0.3, -0.25) is 37.9 Å². The summed E-state index contributed by atoms with van der Waals surface area (Å²) < 4.78 is 66.5. The number of amides is 4. The molecule has 3 fully saturated rings. The third-order valence-corrected chi connectivity index (χ3v) is 14.6. The number of halogens is 2. The highest BCUT2D eigenvalue weighted by Gasteiger charge is 2.56. The van der Waals surface area contributed by atoms with Crippen molar-refractivity contribution in [3.05, 3.63) is 81.8 Å². The summed E-state index contributed by atoms with van der Waals surface area (Å²) in [4.78, 5) is 98.7. The number of hydrogen-bond acceptors (Lipinski definition) is 14. The molecule has 6 atom stereocenters. The number of hydrogen-bond donors (Lipinski definition) is 2. The van der Waals surface area contributed by atoms with E-state index in [1.807, 2.05) is 0 Å². The fourth-order valence-electron chi connectivity index (χ4n) is 8.50. The normalized spacial score (nSPS) is 21.8. The van der Waals surface area contributed by atoms with Crippen LogP contribution in [0.15, 0.2) is 59.5 Å². The second kappa shape index (κ2) is 22.0. The molecule has 0 radical (unpaired) electrons. The van der Waals surface area contributed by atoms with Crippen molar-refractivity contribution in [2.45, 2.75) is 95.6 Å². The van der Waals surface area contributed by atoms with Crippen LogP contribution in [0.4, 0.5) is 13.6 Å². The summed E-state index contributed by atoms with van der Waals surface area (Å²) in [6.07, 6.45) is 1.52. The van der Waals surface area contributed by atoms with Crippen molar-refractivity contribution in [2.24, 2.45) is 5.92 Å². The molecule has 360 valence electrons. The van der Waals surface area contributed by atoms with E-state index in [0.29, 0.717) is 36.6 Å². The van der Waals surface area contributed by atoms with Gasteiger partial charge in [0.1, 0.15) is 12.1 Å². The number of benzene rings is 2. The van der Waals surface area contributed by atoms with Crippen LogP contribution in [0.2, 0.25) is 0 Å². The van der Waals surface area contributed by atoms with Crippen LogP contribution in [0.5, 0.6) is 0 Å². The van der Waals surface area contributed by atoms with Crippen LogP contribution in [0.3, 0.4) is 0 Å². The highest BCUT2D eigenvalue weighted by molar-refractivity contribution is 8.13. The van der Waals surface area contributed by atoms with Crippen molar-refractivity contribution < 1.29 is 60.6 Å². The lowest BCUT2D eigenvalue weighted by Gasteiger charge is -2.39. The standard InChI is InChI=1S/C45H53F2N6O12PS/c1-5-6-40(56)67-18-17-63-66(61,64-26-62-44(60)65-27(2)3)45(46,47)34-10-9-29-7-8-31(19-32(29)20-34)41(57)50-37-25-51(28(4)54)16-14-35-11-12-38(53(35)42(37)58)43(59)52-23-33(22-48)36(24-52)30-13-15-49-39(55)21-30/h7-10,13,15,19-21,27,33,35-38H,5-6,11-12,14,16-18,23-26H2,1-4H3,(H,49,55)(H,50,57)/t33-,35+,36+,37?,38-,66?/m0/s1. The topological polar surface area (TPSA) is 235 Å². The molecule has 22 heteroatoms. The van der Waals surface area contributed by atoms with Crippen LogP contribution < -0.4 is 10.9 Å². The Kier molecular flexibility index (Phi) is 16.6. The molecule has 1 aromatic heterocycles. The maximum absolute atomic E-state index is 16.4. The number of rotatable bonds is 16. The lowest BCUT2D eigenvalue weighted by Crippen LogP contribution is -2.61. The van der Waals surface area contributed by atoms with Crippen molar-refractivity contribution in [1.82, 2.24) is 25.0 Å². The number of aromatic amines is 1. The van der Waals surface area contributed by atoms with E-state index in [1.165, 1.54) is 72.0 Å². The molecule has 3 aromatic rings. The Morgan fingerprint density at radius 2 is 1.75 bits per heavy atom. The highest BCUT2D eigenvalue weighted by Crippen LogP contribution is 2.67. The summed E-state index contributed by atoms with van der Waals surface area (Å²) in [5, 5.41) is 13.0. The average molecular weight is 971 g/mol. The fourth-order valence-corrected chi connectivity index (χ4v) is 10.7.